The average molecular weight is 304 g/mol. The van der Waals surface area contributed by atoms with Crippen LogP contribution in [0.15, 0.2) is 35.1 Å². The molecule has 1 aliphatic rings. The molecule has 3 nitrogen and oxygen atoms in total. The van der Waals surface area contributed by atoms with Crippen LogP contribution < -0.4 is 5.32 Å². The molecular formula is C14H14BrN3. The number of nitrogens with zero attached hydrogens (tertiary/aromatic N) is 2. The van der Waals surface area contributed by atoms with Gasteiger partial charge in [0.2, 0.25) is 0 Å². The van der Waals surface area contributed by atoms with Crippen molar-refractivity contribution < 1.29 is 0 Å². The normalized spacial score (nSPS) is 17.6. The van der Waals surface area contributed by atoms with Gasteiger partial charge in [0.1, 0.15) is 5.82 Å². The third-order valence-electron chi connectivity index (χ3n) is 3.29. The van der Waals surface area contributed by atoms with Crippen LogP contribution >= 0.6 is 15.9 Å². The summed E-state index contributed by atoms with van der Waals surface area (Å²) in [6.07, 6.45) is 5.76. The molecule has 3 rings (SSSR count). The molecule has 1 N–H and O–H groups in total. The fraction of sp³-hybridized carbons (Fsp3) is 0.286. The molecule has 1 aliphatic carbocycles. The molecule has 0 saturated heterocycles. The van der Waals surface area contributed by atoms with Crippen molar-refractivity contribution in [2.75, 3.05) is 5.32 Å². The third kappa shape index (κ3) is 2.12. The number of fused-ring (bicyclic) bond motifs is 1. The summed E-state index contributed by atoms with van der Waals surface area (Å²) >= 11 is 3.62. The molecule has 2 aromatic rings. The summed E-state index contributed by atoms with van der Waals surface area (Å²) in [5.41, 5.74) is 3.72. The Morgan fingerprint density at radius 1 is 1.33 bits per heavy atom. The zero-order valence-electron chi connectivity index (χ0n) is 10.2. The summed E-state index contributed by atoms with van der Waals surface area (Å²) in [5, 5.41) is 3.47. The first-order valence-electron chi connectivity index (χ1n) is 6.06. The molecule has 0 bridgehead atoms. The Labute approximate surface area is 115 Å². The monoisotopic (exact) mass is 303 g/mol. The zero-order chi connectivity index (χ0) is 12.5. The van der Waals surface area contributed by atoms with Crippen LogP contribution in [0.3, 0.4) is 0 Å². The highest BCUT2D eigenvalue weighted by Crippen LogP contribution is 2.37. The molecule has 18 heavy (non-hydrogen) atoms. The SMILES string of the molecule is Cc1cncc(NC2CCc3c(Br)cccc32)n1. The van der Waals surface area contributed by atoms with E-state index in [4.69, 9.17) is 0 Å². The fourth-order valence-corrected chi connectivity index (χ4v) is 3.05. The number of anilines is 1. The number of aromatic nitrogens is 2. The largest absolute Gasteiger partial charge is 0.362 e. The third-order valence-corrected chi connectivity index (χ3v) is 4.03. The molecule has 0 aliphatic heterocycles. The molecule has 0 saturated carbocycles. The summed E-state index contributed by atoms with van der Waals surface area (Å²) in [4.78, 5) is 8.61. The molecule has 1 aromatic heterocycles. The predicted octanol–water partition coefficient (Wildman–Crippen LogP) is 3.65. The molecule has 92 valence electrons. The second-order valence-corrected chi connectivity index (χ2v) is 5.44. The number of hydrogen-bond acceptors (Lipinski definition) is 3. The Morgan fingerprint density at radius 3 is 3.06 bits per heavy atom. The minimum Gasteiger partial charge on any atom is -0.362 e. The first-order valence-corrected chi connectivity index (χ1v) is 6.86. The zero-order valence-corrected chi connectivity index (χ0v) is 11.7. The maximum Gasteiger partial charge on any atom is 0.145 e. The topological polar surface area (TPSA) is 37.8 Å². The van der Waals surface area contributed by atoms with E-state index < -0.39 is 0 Å². The van der Waals surface area contributed by atoms with Gasteiger partial charge in [-0.05, 0) is 37.0 Å². The van der Waals surface area contributed by atoms with Crippen LogP contribution in [0.4, 0.5) is 5.82 Å². The lowest BCUT2D eigenvalue weighted by atomic mass is 10.1. The van der Waals surface area contributed by atoms with Gasteiger partial charge >= 0.3 is 0 Å². The number of nitrogens with one attached hydrogen (secondary N) is 1. The smallest absolute Gasteiger partial charge is 0.145 e. The van der Waals surface area contributed by atoms with E-state index in [-0.39, 0.29) is 0 Å². The Hall–Kier alpha value is -1.42. The van der Waals surface area contributed by atoms with Gasteiger partial charge in [0.25, 0.3) is 0 Å². The van der Waals surface area contributed by atoms with E-state index in [2.05, 4.69) is 49.4 Å². The van der Waals surface area contributed by atoms with E-state index in [1.54, 1.807) is 12.4 Å². The minimum absolute atomic E-state index is 0.341. The average Bonchev–Trinajstić information content (AvgIpc) is 2.74. The molecule has 4 heteroatoms. The first kappa shape index (κ1) is 11.7. The van der Waals surface area contributed by atoms with Crippen LogP contribution in [0.5, 0.6) is 0 Å². The van der Waals surface area contributed by atoms with Gasteiger partial charge in [-0.3, -0.25) is 4.98 Å². The number of rotatable bonds is 2. The second-order valence-electron chi connectivity index (χ2n) is 4.59. The van der Waals surface area contributed by atoms with Crippen LogP contribution in [0.2, 0.25) is 0 Å². The number of aryl methyl sites for hydroxylation is 1. The van der Waals surface area contributed by atoms with Crippen molar-refractivity contribution in [3.05, 3.63) is 51.9 Å². The lowest BCUT2D eigenvalue weighted by molar-refractivity contribution is 0.755. The molecule has 0 spiro atoms. The summed E-state index contributed by atoms with van der Waals surface area (Å²) < 4.78 is 1.21. The van der Waals surface area contributed by atoms with Gasteiger partial charge in [0.15, 0.2) is 0 Å². The number of benzene rings is 1. The van der Waals surface area contributed by atoms with Crippen LogP contribution in [-0.2, 0) is 6.42 Å². The molecule has 1 unspecified atom stereocenters. The van der Waals surface area contributed by atoms with Crippen LogP contribution in [-0.4, -0.2) is 9.97 Å². The van der Waals surface area contributed by atoms with Crippen LogP contribution in [0, 0.1) is 6.92 Å². The summed E-state index contributed by atoms with van der Waals surface area (Å²) in [5.74, 6) is 0.854. The van der Waals surface area contributed by atoms with Crippen molar-refractivity contribution in [1.82, 2.24) is 9.97 Å². The standard InChI is InChI=1S/C14H14BrN3/c1-9-7-16-8-14(17-9)18-13-6-5-10-11(13)3-2-4-12(10)15/h2-4,7-8,13H,5-6H2,1H3,(H,17,18). The minimum atomic E-state index is 0.341. The molecule has 0 radical (unpaired) electrons. The Morgan fingerprint density at radius 2 is 2.22 bits per heavy atom. The molecular weight excluding hydrogens is 290 g/mol. The van der Waals surface area contributed by atoms with Gasteiger partial charge in [-0.1, -0.05) is 28.1 Å². The van der Waals surface area contributed by atoms with E-state index in [0.717, 1.165) is 24.4 Å². The molecule has 1 heterocycles. The maximum absolute atomic E-state index is 4.45. The summed E-state index contributed by atoms with van der Waals surface area (Å²) in [6.45, 7) is 1.96. The van der Waals surface area contributed by atoms with E-state index >= 15 is 0 Å². The van der Waals surface area contributed by atoms with Gasteiger partial charge in [0.05, 0.1) is 17.9 Å². The first-order chi connectivity index (χ1) is 8.74. The van der Waals surface area contributed by atoms with Crippen molar-refractivity contribution in [3.63, 3.8) is 0 Å². The highest BCUT2D eigenvalue weighted by atomic mass is 79.9. The fourth-order valence-electron chi connectivity index (χ4n) is 2.47. The van der Waals surface area contributed by atoms with Gasteiger partial charge in [-0.2, -0.15) is 0 Å². The van der Waals surface area contributed by atoms with Crippen LogP contribution in [0.1, 0.15) is 29.3 Å². The molecule has 1 atom stereocenters. The van der Waals surface area contributed by atoms with E-state index in [9.17, 15) is 0 Å². The Kier molecular flexibility index (Phi) is 3.04. The molecule has 0 amide bonds. The van der Waals surface area contributed by atoms with E-state index in [1.807, 2.05) is 6.92 Å². The van der Waals surface area contributed by atoms with E-state index in [1.165, 1.54) is 15.6 Å². The van der Waals surface area contributed by atoms with Gasteiger partial charge < -0.3 is 5.32 Å². The van der Waals surface area contributed by atoms with Crippen molar-refractivity contribution in [3.8, 4) is 0 Å². The van der Waals surface area contributed by atoms with Crippen molar-refractivity contribution in [2.45, 2.75) is 25.8 Å². The molecule has 1 aromatic carbocycles. The van der Waals surface area contributed by atoms with Crippen molar-refractivity contribution in [1.29, 1.82) is 0 Å². The van der Waals surface area contributed by atoms with Gasteiger partial charge in [0, 0.05) is 10.7 Å². The van der Waals surface area contributed by atoms with Crippen LogP contribution in [0.25, 0.3) is 0 Å². The van der Waals surface area contributed by atoms with E-state index in [0.29, 0.717) is 6.04 Å². The maximum atomic E-state index is 4.45. The highest BCUT2D eigenvalue weighted by molar-refractivity contribution is 9.10. The van der Waals surface area contributed by atoms with Gasteiger partial charge in [-0.15, -0.1) is 0 Å². The van der Waals surface area contributed by atoms with Crippen molar-refractivity contribution in [2.24, 2.45) is 0 Å². The summed E-state index contributed by atoms with van der Waals surface area (Å²) in [7, 11) is 0. The lowest BCUT2D eigenvalue weighted by Crippen LogP contribution is -2.09. The van der Waals surface area contributed by atoms with Crippen molar-refractivity contribution >= 4 is 21.7 Å². The summed E-state index contributed by atoms with van der Waals surface area (Å²) in [6, 6.07) is 6.72. The Bertz CT molecular complexity index is 583. The second kappa shape index (κ2) is 4.69. The quantitative estimate of drug-likeness (QED) is 0.920. The number of hydrogen-bond donors (Lipinski definition) is 1. The molecule has 0 fully saturated rings. The number of halogens is 1. The predicted molar refractivity (Wildman–Crippen MR) is 75.6 cm³/mol. The highest BCUT2D eigenvalue weighted by Gasteiger charge is 2.24. The van der Waals surface area contributed by atoms with Gasteiger partial charge in [-0.25, -0.2) is 4.98 Å². The lowest BCUT2D eigenvalue weighted by Gasteiger charge is -2.14. The Balaban J connectivity index is 1.87.